The van der Waals surface area contributed by atoms with Gasteiger partial charge in [0.05, 0.1) is 23.1 Å². The number of ether oxygens (including phenoxy) is 4. The van der Waals surface area contributed by atoms with Crippen molar-refractivity contribution in [1.29, 1.82) is 0 Å². The van der Waals surface area contributed by atoms with Gasteiger partial charge in [0.15, 0.2) is 0 Å². The highest BCUT2D eigenvalue weighted by Crippen LogP contribution is 2.56. The number of rotatable bonds is 20. The molecule has 104 heavy (non-hydrogen) atoms. The van der Waals surface area contributed by atoms with Crippen LogP contribution in [0, 0.1) is 55.4 Å². The molecule has 0 saturated heterocycles. The summed E-state index contributed by atoms with van der Waals surface area (Å²) in [6.45, 7) is 17.0. The topological polar surface area (TPSA) is 49.9 Å². The Morgan fingerprint density at radius 2 is 0.529 bits per heavy atom. The van der Waals surface area contributed by atoms with E-state index in [9.17, 15) is 0 Å². The molecule has 0 spiro atoms. The van der Waals surface area contributed by atoms with E-state index in [4.69, 9.17) is 18.9 Å². The second-order valence-electron chi connectivity index (χ2n) is 27.5. The Morgan fingerprint density at radius 3 is 0.856 bits per heavy atom. The highest BCUT2D eigenvalue weighted by atomic mass is 16.5. The Kier molecular flexibility index (Phi) is 17.9. The molecule has 2 aliphatic rings. The van der Waals surface area contributed by atoms with Gasteiger partial charge in [-0.15, -0.1) is 0 Å². The highest BCUT2D eigenvalue weighted by molar-refractivity contribution is 6.15. The van der Waals surface area contributed by atoms with Crippen molar-refractivity contribution in [2.24, 2.45) is 0 Å². The molecule has 0 heterocycles. The first kappa shape index (κ1) is 65.8. The molecule has 0 aliphatic heterocycles. The van der Waals surface area contributed by atoms with Crippen molar-refractivity contribution < 1.29 is 18.9 Å². The molecule has 1 unspecified atom stereocenters. The van der Waals surface area contributed by atoms with Gasteiger partial charge in [0.1, 0.15) is 46.0 Å². The van der Waals surface area contributed by atoms with Gasteiger partial charge < -0.3 is 38.5 Å². The molecule has 508 valence electrons. The minimum absolute atomic E-state index is 0.379. The average Bonchev–Trinajstić information content (AvgIpc) is 0.700. The van der Waals surface area contributed by atoms with Gasteiger partial charge in [0.2, 0.25) is 0 Å². The van der Waals surface area contributed by atoms with Crippen molar-refractivity contribution >= 4 is 78.9 Å². The lowest BCUT2D eigenvalue weighted by atomic mass is 9.76. The van der Waals surface area contributed by atoms with Crippen LogP contribution >= 0.6 is 0 Å². The van der Waals surface area contributed by atoms with Crippen LogP contribution in [0.4, 0.5) is 56.9 Å². The SMILES string of the molecule is Cc1ccc(Oc2ccc(N(C3=CC(N(c4ccc(C)cc4)c4ccc(Oc5ccc(C)cc5)cc4)C4=CCc5c(N(c6ccc(C)cc6)c6ccc(Oc7ccc(C)cc7)cc6)cc(N(c6ccc(C)cc6)c6ccc(Oc7ccc(C)cc7)cc6)c6ccc3c4c56)c3ccc(C)cc3)cc2)cc1. The molecule has 0 fully saturated rings. The number of hydrogen-bond donors (Lipinski definition) is 0. The Hall–Kier alpha value is -12.8. The fourth-order valence-corrected chi connectivity index (χ4v) is 14.1. The number of benzene rings is 14. The van der Waals surface area contributed by atoms with Gasteiger partial charge in [-0.2, -0.15) is 0 Å². The zero-order valence-electron chi connectivity index (χ0n) is 59.8. The summed E-state index contributed by atoms with van der Waals surface area (Å²) in [6, 6.07) is 110. The zero-order valence-corrected chi connectivity index (χ0v) is 59.8. The van der Waals surface area contributed by atoms with Crippen LogP contribution in [0.25, 0.3) is 22.0 Å². The van der Waals surface area contributed by atoms with Crippen LogP contribution in [0.1, 0.15) is 61.2 Å². The van der Waals surface area contributed by atoms with Gasteiger partial charge in [0, 0.05) is 56.4 Å². The van der Waals surface area contributed by atoms with Crippen molar-refractivity contribution in [3.63, 3.8) is 0 Å². The Bertz CT molecular complexity index is 5470. The molecule has 0 bridgehead atoms. The third kappa shape index (κ3) is 13.7. The molecule has 1 atom stereocenters. The van der Waals surface area contributed by atoms with Crippen LogP contribution in [0.15, 0.2) is 322 Å². The quantitative estimate of drug-likeness (QED) is 0.0748. The fourth-order valence-electron chi connectivity index (χ4n) is 14.1. The largest absolute Gasteiger partial charge is 0.457 e. The van der Waals surface area contributed by atoms with Gasteiger partial charge in [-0.25, -0.2) is 0 Å². The molecular weight excluding hydrogens is 1270 g/mol. The van der Waals surface area contributed by atoms with Crippen molar-refractivity contribution in [1.82, 2.24) is 0 Å². The van der Waals surface area contributed by atoms with Crippen molar-refractivity contribution in [2.75, 3.05) is 19.6 Å². The van der Waals surface area contributed by atoms with Crippen molar-refractivity contribution in [3.8, 4) is 46.0 Å². The van der Waals surface area contributed by atoms with E-state index in [1.54, 1.807) is 0 Å². The smallest absolute Gasteiger partial charge is 0.127 e. The molecule has 0 radical (unpaired) electrons. The number of allylic oxidation sites excluding steroid dienone is 1. The Balaban J connectivity index is 0.966. The molecule has 0 saturated carbocycles. The Morgan fingerprint density at radius 1 is 0.269 bits per heavy atom. The van der Waals surface area contributed by atoms with Crippen LogP contribution in [-0.2, 0) is 6.42 Å². The summed E-state index contributed by atoms with van der Waals surface area (Å²) in [4.78, 5) is 9.84. The van der Waals surface area contributed by atoms with Crippen LogP contribution < -0.4 is 38.5 Å². The molecule has 8 heteroatoms. The number of anilines is 10. The fraction of sp³-hybridized carbons (Fsp3) is 0.104. The van der Waals surface area contributed by atoms with Crippen LogP contribution in [-0.4, -0.2) is 6.04 Å². The second kappa shape index (κ2) is 28.3. The second-order valence-corrected chi connectivity index (χ2v) is 27.5. The Labute approximate surface area is 610 Å². The van der Waals surface area contributed by atoms with Crippen LogP contribution in [0.3, 0.4) is 0 Å². The summed E-state index contributed by atoms with van der Waals surface area (Å²) >= 11 is 0. The van der Waals surface area contributed by atoms with Gasteiger partial charge in [-0.1, -0.05) is 160 Å². The van der Waals surface area contributed by atoms with E-state index in [-0.39, 0.29) is 6.04 Å². The summed E-state index contributed by atoms with van der Waals surface area (Å²) in [7, 11) is 0. The molecule has 2 aliphatic carbocycles. The van der Waals surface area contributed by atoms with E-state index >= 15 is 0 Å². The van der Waals surface area contributed by atoms with E-state index < -0.39 is 0 Å². The van der Waals surface area contributed by atoms with Gasteiger partial charge in [0.25, 0.3) is 0 Å². The third-order valence-electron chi connectivity index (χ3n) is 19.7. The lowest BCUT2D eigenvalue weighted by Crippen LogP contribution is -2.36. The number of aryl methyl sites for hydroxylation is 8. The molecular formula is C96H80N4O4. The molecule has 0 N–H and O–H groups in total. The lowest BCUT2D eigenvalue weighted by Gasteiger charge is -2.42. The molecule has 8 nitrogen and oxygen atoms in total. The number of hydrogen-bond acceptors (Lipinski definition) is 8. The van der Waals surface area contributed by atoms with Gasteiger partial charge >= 0.3 is 0 Å². The number of nitrogens with zero attached hydrogens (tertiary/aromatic N) is 4. The molecule has 14 aromatic rings. The van der Waals surface area contributed by atoms with E-state index in [0.29, 0.717) is 6.42 Å². The molecule has 0 aromatic heterocycles. The monoisotopic (exact) mass is 1350 g/mol. The minimum atomic E-state index is -0.379. The lowest BCUT2D eigenvalue weighted by molar-refractivity contribution is 0.482. The molecule has 0 amide bonds. The minimum Gasteiger partial charge on any atom is -0.457 e. The maximum absolute atomic E-state index is 6.57. The summed E-state index contributed by atoms with van der Waals surface area (Å²) in [5, 5.41) is 2.26. The normalized spacial score (nSPS) is 12.8. The summed E-state index contributed by atoms with van der Waals surface area (Å²) in [5.41, 5.74) is 25.1. The maximum Gasteiger partial charge on any atom is 0.127 e. The summed E-state index contributed by atoms with van der Waals surface area (Å²) in [6.07, 6.45) is 5.63. The van der Waals surface area contributed by atoms with Crippen molar-refractivity contribution in [2.45, 2.75) is 67.9 Å². The first-order valence-corrected chi connectivity index (χ1v) is 35.7. The van der Waals surface area contributed by atoms with Crippen LogP contribution in [0.5, 0.6) is 46.0 Å². The molecule has 14 aromatic carbocycles. The zero-order chi connectivity index (χ0) is 71.0. The average molecular weight is 1350 g/mol. The predicted molar refractivity (Wildman–Crippen MR) is 431 cm³/mol. The summed E-state index contributed by atoms with van der Waals surface area (Å²) < 4.78 is 26.3. The molecule has 16 rings (SSSR count). The standard InChI is InChI=1S/C96H80N4O4/c1-63-9-25-71(26-10-63)97(75-33-49-83(50-34-75)101-79-41-17-67(5)18-42-79)91-61-92(98(72-27-11-64(2)12-28-72)76-35-51-84(52-36-76)102-80-43-19-68(6)20-44-80)88-59-60-90-94(100(74-31-15-66(4)16-32-74)78-39-55-86(56-40-78)104-82-47-23-70(8)24-48-82)62-93(89-58-57-87(91)95(88)96(89)90)99(73-29-13-65(3)14-30-73)77-37-53-85(54-38-77)103-81-45-21-69(7)22-46-81/h9-59,61-62,92H,60H2,1-8H3. The van der Waals surface area contributed by atoms with E-state index in [1.165, 1.54) is 55.6 Å². The highest BCUT2D eigenvalue weighted by Gasteiger charge is 2.38. The van der Waals surface area contributed by atoms with E-state index in [1.807, 2.05) is 48.5 Å². The van der Waals surface area contributed by atoms with E-state index in [2.05, 4.69) is 348 Å². The van der Waals surface area contributed by atoms with Gasteiger partial charge in [-0.05, 0) is 290 Å². The summed E-state index contributed by atoms with van der Waals surface area (Å²) in [5.74, 6) is 6.09. The maximum atomic E-state index is 6.57. The predicted octanol–water partition coefficient (Wildman–Crippen LogP) is 26.8. The first-order chi connectivity index (χ1) is 50.7. The van der Waals surface area contributed by atoms with Crippen LogP contribution in [0.2, 0.25) is 0 Å². The van der Waals surface area contributed by atoms with Gasteiger partial charge in [-0.3, -0.25) is 0 Å². The third-order valence-corrected chi connectivity index (χ3v) is 19.7. The first-order valence-electron chi connectivity index (χ1n) is 35.7. The van der Waals surface area contributed by atoms with Crippen molar-refractivity contribution in [3.05, 3.63) is 383 Å². The van der Waals surface area contributed by atoms with E-state index in [0.717, 1.165) is 130 Å².